The first-order valence-electron chi connectivity index (χ1n) is 11.7. The van der Waals surface area contributed by atoms with Crippen LogP contribution in [0.15, 0.2) is 42.5 Å². The number of benzene rings is 2. The molecule has 0 aliphatic heterocycles. The fraction of sp³-hybridized carbons (Fsp3) is 0.481. The molecule has 1 unspecified atom stereocenters. The molecule has 2 aromatic carbocycles. The number of imidazole rings is 1. The number of para-hydroxylation sites is 2. The lowest BCUT2D eigenvalue weighted by atomic mass is 9.75. The van der Waals surface area contributed by atoms with Gasteiger partial charge in [-0.15, -0.1) is 0 Å². The second kappa shape index (κ2) is 9.27. The van der Waals surface area contributed by atoms with Crippen LogP contribution in [0.3, 0.4) is 0 Å². The van der Waals surface area contributed by atoms with Crippen LogP contribution in [0.25, 0.3) is 22.4 Å². The van der Waals surface area contributed by atoms with Crippen LogP contribution in [-0.4, -0.2) is 16.6 Å². The highest BCUT2D eigenvalue weighted by atomic mass is 35.5. The van der Waals surface area contributed by atoms with E-state index in [2.05, 4.69) is 48.1 Å². The minimum Gasteiger partial charge on any atom is -0.459 e. The highest BCUT2D eigenvalue weighted by Crippen LogP contribution is 2.35. The SMILES string of the molecule is Cc1cc(-c2n(CC(=O)OC3C[C@H](C)CC[C@H]3C(C)C)c3ccccc3[n+]2C)ccc1Cl. The molecule has 0 saturated heterocycles. The maximum Gasteiger partial charge on any atom is 0.348 e. The maximum atomic E-state index is 13.2. The molecular formula is C27H34ClN2O2+. The van der Waals surface area contributed by atoms with Gasteiger partial charge in [-0.2, -0.15) is 0 Å². The van der Waals surface area contributed by atoms with Crippen LogP contribution in [0.5, 0.6) is 0 Å². The van der Waals surface area contributed by atoms with Crippen molar-refractivity contribution in [3.05, 3.63) is 53.1 Å². The number of rotatable bonds is 5. The molecule has 1 aromatic heterocycles. The van der Waals surface area contributed by atoms with Gasteiger partial charge in [0.1, 0.15) is 6.10 Å². The number of halogens is 1. The van der Waals surface area contributed by atoms with E-state index in [1.165, 1.54) is 6.42 Å². The first kappa shape index (κ1) is 22.8. The lowest BCUT2D eigenvalue weighted by molar-refractivity contribution is -0.634. The Morgan fingerprint density at radius 3 is 2.69 bits per heavy atom. The third-order valence-corrected chi connectivity index (χ3v) is 7.48. The summed E-state index contributed by atoms with van der Waals surface area (Å²) in [6.45, 7) is 8.93. The van der Waals surface area contributed by atoms with Crippen LogP contribution in [0.4, 0.5) is 0 Å². The monoisotopic (exact) mass is 453 g/mol. The highest BCUT2D eigenvalue weighted by molar-refractivity contribution is 6.31. The summed E-state index contributed by atoms with van der Waals surface area (Å²) in [6.07, 6.45) is 3.31. The Bertz CT molecular complexity index is 1130. The first-order chi connectivity index (χ1) is 15.3. The summed E-state index contributed by atoms with van der Waals surface area (Å²) in [5, 5.41) is 0.740. The van der Waals surface area contributed by atoms with Gasteiger partial charge >= 0.3 is 5.97 Å². The predicted octanol–water partition coefficient (Wildman–Crippen LogP) is 6.10. The van der Waals surface area contributed by atoms with Crippen molar-refractivity contribution >= 4 is 28.6 Å². The van der Waals surface area contributed by atoms with E-state index in [1.54, 1.807) is 0 Å². The van der Waals surface area contributed by atoms with Gasteiger partial charge in [0, 0.05) is 5.02 Å². The van der Waals surface area contributed by atoms with E-state index in [1.807, 2.05) is 38.2 Å². The number of carbonyl (C=O) groups excluding carboxylic acids is 1. The average Bonchev–Trinajstić information content (AvgIpc) is 3.02. The molecule has 1 aliphatic carbocycles. The summed E-state index contributed by atoms with van der Waals surface area (Å²) < 4.78 is 10.4. The molecule has 4 rings (SSSR count). The van der Waals surface area contributed by atoms with Crippen LogP contribution in [0.1, 0.15) is 45.6 Å². The summed E-state index contributed by atoms with van der Waals surface area (Å²) in [5.74, 6) is 2.35. The van der Waals surface area contributed by atoms with Crippen LogP contribution < -0.4 is 4.57 Å². The van der Waals surface area contributed by atoms with Gasteiger partial charge in [0.15, 0.2) is 17.6 Å². The Morgan fingerprint density at radius 2 is 1.97 bits per heavy atom. The number of aromatic nitrogens is 2. The molecule has 32 heavy (non-hydrogen) atoms. The van der Waals surface area contributed by atoms with Gasteiger partial charge in [-0.05, 0) is 73.4 Å². The Morgan fingerprint density at radius 1 is 1.22 bits per heavy atom. The number of ether oxygens (including phenoxy) is 1. The van der Waals surface area contributed by atoms with E-state index in [9.17, 15) is 4.79 Å². The second-order valence-electron chi connectivity index (χ2n) is 9.78. The standard InChI is InChI=1S/C27H34ClN2O2/c1-17(2)21-12-10-18(3)14-25(21)32-26(31)16-30-24-9-7-6-8-23(24)29(5)27(30)20-11-13-22(28)19(4)15-20/h6-9,11,13,15,17-18,21,25H,10,12,14,16H2,1-5H3/q+1/t18-,21+,25?/m1/s1. The topological polar surface area (TPSA) is 35.1 Å². The molecule has 3 aromatic rings. The van der Waals surface area contributed by atoms with Crippen molar-refractivity contribution in [2.45, 2.75) is 59.6 Å². The minimum absolute atomic E-state index is 0.00283. The van der Waals surface area contributed by atoms with Crippen molar-refractivity contribution in [3.63, 3.8) is 0 Å². The van der Waals surface area contributed by atoms with E-state index < -0.39 is 0 Å². The Labute approximate surface area is 196 Å². The van der Waals surface area contributed by atoms with E-state index >= 15 is 0 Å². The van der Waals surface area contributed by atoms with E-state index in [-0.39, 0.29) is 18.6 Å². The molecule has 5 heteroatoms. The van der Waals surface area contributed by atoms with Crippen molar-refractivity contribution in [2.75, 3.05) is 0 Å². The number of hydrogen-bond acceptors (Lipinski definition) is 2. The fourth-order valence-corrected chi connectivity index (χ4v) is 5.38. The molecule has 0 bridgehead atoms. The number of carbonyl (C=O) groups is 1. The third-order valence-electron chi connectivity index (χ3n) is 7.05. The van der Waals surface area contributed by atoms with Crippen LogP contribution in [-0.2, 0) is 23.1 Å². The smallest absolute Gasteiger partial charge is 0.348 e. The lowest BCUT2D eigenvalue weighted by Crippen LogP contribution is -2.37. The molecule has 4 nitrogen and oxygen atoms in total. The summed E-state index contributed by atoms with van der Waals surface area (Å²) in [7, 11) is 2.04. The van der Waals surface area contributed by atoms with Crippen molar-refractivity contribution in [2.24, 2.45) is 24.8 Å². The molecule has 0 radical (unpaired) electrons. The number of nitrogens with zero attached hydrogens (tertiary/aromatic N) is 2. The zero-order chi connectivity index (χ0) is 23.0. The van der Waals surface area contributed by atoms with Gasteiger partial charge < -0.3 is 4.74 Å². The van der Waals surface area contributed by atoms with Crippen molar-refractivity contribution in [1.82, 2.24) is 4.57 Å². The zero-order valence-corrected chi connectivity index (χ0v) is 20.5. The van der Waals surface area contributed by atoms with Crippen LogP contribution in [0, 0.1) is 24.7 Å². The number of aryl methyl sites for hydroxylation is 2. The van der Waals surface area contributed by atoms with Crippen molar-refractivity contribution in [1.29, 1.82) is 0 Å². The molecular weight excluding hydrogens is 420 g/mol. The summed E-state index contributed by atoms with van der Waals surface area (Å²) in [4.78, 5) is 13.2. The van der Waals surface area contributed by atoms with E-state index in [4.69, 9.17) is 16.3 Å². The average molecular weight is 454 g/mol. The van der Waals surface area contributed by atoms with Gasteiger partial charge in [0.2, 0.25) is 0 Å². The largest absolute Gasteiger partial charge is 0.459 e. The summed E-state index contributed by atoms with van der Waals surface area (Å²) >= 11 is 6.28. The Kier molecular flexibility index (Phi) is 6.62. The van der Waals surface area contributed by atoms with E-state index in [0.29, 0.717) is 17.8 Å². The van der Waals surface area contributed by atoms with Gasteiger partial charge in [-0.3, -0.25) is 0 Å². The number of fused-ring (bicyclic) bond motifs is 1. The van der Waals surface area contributed by atoms with E-state index in [0.717, 1.165) is 45.8 Å². The number of hydrogen-bond donors (Lipinski definition) is 0. The molecule has 3 atom stereocenters. The normalized spacial score (nSPS) is 21.3. The molecule has 0 N–H and O–H groups in total. The van der Waals surface area contributed by atoms with Crippen LogP contribution >= 0.6 is 11.6 Å². The molecule has 1 aliphatic rings. The molecule has 0 amide bonds. The Balaban J connectivity index is 1.69. The summed E-state index contributed by atoms with van der Waals surface area (Å²) in [6, 6.07) is 14.2. The quantitative estimate of drug-likeness (QED) is 0.345. The predicted molar refractivity (Wildman–Crippen MR) is 130 cm³/mol. The van der Waals surface area contributed by atoms with Gasteiger partial charge in [-0.25, -0.2) is 13.9 Å². The van der Waals surface area contributed by atoms with Crippen LogP contribution in [0.2, 0.25) is 5.02 Å². The molecule has 1 heterocycles. The zero-order valence-electron chi connectivity index (χ0n) is 19.8. The fourth-order valence-electron chi connectivity index (χ4n) is 5.26. The molecule has 1 saturated carbocycles. The second-order valence-corrected chi connectivity index (χ2v) is 10.2. The van der Waals surface area contributed by atoms with Gasteiger partial charge in [-0.1, -0.05) is 50.9 Å². The Hall–Kier alpha value is -2.33. The minimum atomic E-state index is -0.164. The highest BCUT2D eigenvalue weighted by Gasteiger charge is 2.34. The van der Waals surface area contributed by atoms with Gasteiger partial charge in [0.05, 0.1) is 12.6 Å². The van der Waals surface area contributed by atoms with Crippen molar-refractivity contribution in [3.8, 4) is 11.4 Å². The van der Waals surface area contributed by atoms with Gasteiger partial charge in [0.25, 0.3) is 5.82 Å². The summed E-state index contributed by atoms with van der Waals surface area (Å²) in [5.41, 5.74) is 4.14. The maximum absolute atomic E-state index is 13.2. The molecule has 0 spiro atoms. The molecule has 170 valence electrons. The number of esters is 1. The first-order valence-corrected chi connectivity index (χ1v) is 12.1. The molecule has 1 fully saturated rings. The van der Waals surface area contributed by atoms with Crippen molar-refractivity contribution < 1.29 is 14.1 Å². The lowest BCUT2D eigenvalue weighted by Gasteiger charge is -2.36. The third kappa shape index (κ3) is 4.43.